The largest absolute Gasteiger partial charge is 0.378 e. The van der Waals surface area contributed by atoms with Gasteiger partial charge in [0.2, 0.25) is 0 Å². The molecule has 0 fully saturated rings. The molecule has 14 heavy (non-hydrogen) atoms. The van der Waals surface area contributed by atoms with Crippen molar-refractivity contribution in [3.8, 4) is 0 Å². The summed E-state index contributed by atoms with van der Waals surface area (Å²) in [4.78, 5) is 2.07. The third-order valence-electron chi connectivity index (χ3n) is 1.92. The number of rotatable bonds is 5. The van der Waals surface area contributed by atoms with Gasteiger partial charge in [-0.2, -0.15) is 0 Å². The summed E-state index contributed by atoms with van der Waals surface area (Å²) in [7, 11) is 5.67. The number of methoxy groups -OCH3 is 1. The fourth-order valence-electron chi connectivity index (χ4n) is 1.13. The maximum atomic E-state index is 5.23. The van der Waals surface area contributed by atoms with E-state index in [-0.39, 0.29) is 0 Å². The molecule has 0 saturated carbocycles. The van der Waals surface area contributed by atoms with Crippen molar-refractivity contribution < 1.29 is 9.47 Å². The van der Waals surface area contributed by atoms with E-state index in [1.165, 1.54) is 5.69 Å². The topological polar surface area (TPSA) is 21.7 Å². The molecule has 3 nitrogen and oxygen atoms in total. The van der Waals surface area contributed by atoms with E-state index in [1.54, 1.807) is 7.11 Å². The van der Waals surface area contributed by atoms with Crippen LogP contribution in [0.4, 0.5) is 5.69 Å². The molecule has 0 spiro atoms. The second-order valence-corrected chi connectivity index (χ2v) is 3.32. The van der Waals surface area contributed by atoms with Crippen LogP contribution >= 0.6 is 0 Å². The molecule has 0 aromatic heterocycles. The summed E-state index contributed by atoms with van der Waals surface area (Å²) in [6, 6.07) is 8.27. The van der Waals surface area contributed by atoms with E-state index in [1.807, 2.05) is 14.1 Å². The highest BCUT2D eigenvalue weighted by Crippen LogP contribution is 2.12. The lowest BCUT2D eigenvalue weighted by atomic mass is 10.2. The lowest BCUT2D eigenvalue weighted by Crippen LogP contribution is -2.08. The molecule has 78 valence electrons. The Hall–Kier alpha value is -1.06. The van der Waals surface area contributed by atoms with E-state index >= 15 is 0 Å². The first-order chi connectivity index (χ1) is 6.74. The highest BCUT2D eigenvalue weighted by atomic mass is 16.7. The maximum Gasteiger partial charge on any atom is 0.146 e. The Morgan fingerprint density at radius 1 is 1.14 bits per heavy atom. The highest BCUT2D eigenvalue weighted by molar-refractivity contribution is 5.45. The Morgan fingerprint density at radius 3 is 2.29 bits per heavy atom. The van der Waals surface area contributed by atoms with Crippen molar-refractivity contribution in [1.29, 1.82) is 0 Å². The summed E-state index contributed by atoms with van der Waals surface area (Å²) in [6.07, 6.45) is 0. The lowest BCUT2D eigenvalue weighted by molar-refractivity contribution is -0.0390. The van der Waals surface area contributed by atoms with E-state index in [0.717, 1.165) is 5.56 Å². The van der Waals surface area contributed by atoms with Gasteiger partial charge in [-0.25, -0.2) is 0 Å². The Balaban J connectivity index is 2.47. The average molecular weight is 195 g/mol. The first-order valence-electron chi connectivity index (χ1n) is 4.57. The molecule has 0 radical (unpaired) electrons. The molecule has 0 bridgehead atoms. The number of hydrogen-bond acceptors (Lipinski definition) is 3. The second kappa shape index (κ2) is 5.62. The Kier molecular flexibility index (Phi) is 4.43. The molecule has 0 aliphatic carbocycles. The van der Waals surface area contributed by atoms with Gasteiger partial charge >= 0.3 is 0 Å². The first kappa shape index (κ1) is 11.0. The second-order valence-electron chi connectivity index (χ2n) is 3.32. The zero-order chi connectivity index (χ0) is 10.4. The van der Waals surface area contributed by atoms with Crippen LogP contribution in [0.5, 0.6) is 0 Å². The van der Waals surface area contributed by atoms with E-state index < -0.39 is 0 Å². The molecule has 1 aromatic carbocycles. The van der Waals surface area contributed by atoms with E-state index in [0.29, 0.717) is 13.4 Å². The quantitative estimate of drug-likeness (QED) is 0.529. The van der Waals surface area contributed by atoms with Crippen LogP contribution in [-0.4, -0.2) is 28.0 Å². The predicted molar refractivity (Wildman–Crippen MR) is 57.4 cm³/mol. The van der Waals surface area contributed by atoms with Gasteiger partial charge in [0.1, 0.15) is 6.79 Å². The molecule has 0 saturated heterocycles. The van der Waals surface area contributed by atoms with Gasteiger partial charge in [0.15, 0.2) is 0 Å². The van der Waals surface area contributed by atoms with Crippen molar-refractivity contribution in [2.45, 2.75) is 6.61 Å². The average Bonchev–Trinajstić information content (AvgIpc) is 2.19. The number of nitrogens with zero attached hydrogens (tertiary/aromatic N) is 1. The van der Waals surface area contributed by atoms with Crippen molar-refractivity contribution in [2.24, 2.45) is 0 Å². The monoisotopic (exact) mass is 195 g/mol. The molecule has 0 aliphatic rings. The molecular formula is C11H17NO2. The molecule has 0 atom stereocenters. The fraction of sp³-hybridized carbons (Fsp3) is 0.455. The van der Waals surface area contributed by atoms with Crippen LogP contribution < -0.4 is 4.90 Å². The summed E-state index contributed by atoms with van der Waals surface area (Å²) in [5, 5.41) is 0. The molecule has 3 heteroatoms. The summed E-state index contributed by atoms with van der Waals surface area (Å²) < 4.78 is 10.0. The minimum Gasteiger partial charge on any atom is -0.378 e. The zero-order valence-electron chi connectivity index (χ0n) is 8.99. The Labute approximate surface area is 85.2 Å². The number of benzene rings is 1. The van der Waals surface area contributed by atoms with Crippen LogP contribution in [0, 0.1) is 0 Å². The SMILES string of the molecule is COCOCc1ccc(N(C)C)cc1. The number of hydrogen-bond donors (Lipinski definition) is 0. The standard InChI is InChI=1S/C11H17NO2/c1-12(2)11-6-4-10(5-7-11)8-14-9-13-3/h4-7H,8-9H2,1-3H3. The Morgan fingerprint density at radius 2 is 1.79 bits per heavy atom. The van der Waals surface area contributed by atoms with E-state index in [4.69, 9.17) is 9.47 Å². The fourth-order valence-corrected chi connectivity index (χ4v) is 1.13. The third kappa shape index (κ3) is 3.36. The van der Waals surface area contributed by atoms with E-state index in [2.05, 4.69) is 29.2 Å². The molecule has 1 aromatic rings. The smallest absolute Gasteiger partial charge is 0.146 e. The van der Waals surface area contributed by atoms with Crippen molar-refractivity contribution in [1.82, 2.24) is 0 Å². The van der Waals surface area contributed by atoms with Gasteiger partial charge in [-0.3, -0.25) is 0 Å². The summed E-state index contributed by atoms with van der Waals surface area (Å²) >= 11 is 0. The van der Waals surface area contributed by atoms with Crippen molar-refractivity contribution in [3.63, 3.8) is 0 Å². The summed E-state index contributed by atoms with van der Waals surface area (Å²) in [6.45, 7) is 0.941. The molecule has 0 heterocycles. The van der Waals surface area contributed by atoms with Gasteiger partial charge in [-0.15, -0.1) is 0 Å². The van der Waals surface area contributed by atoms with Gasteiger partial charge in [-0.05, 0) is 17.7 Å². The highest BCUT2D eigenvalue weighted by Gasteiger charge is 1.95. The summed E-state index contributed by atoms with van der Waals surface area (Å²) in [5.74, 6) is 0. The first-order valence-corrected chi connectivity index (χ1v) is 4.57. The number of anilines is 1. The van der Waals surface area contributed by atoms with E-state index in [9.17, 15) is 0 Å². The van der Waals surface area contributed by atoms with Crippen LogP contribution in [-0.2, 0) is 16.1 Å². The molecule has 0 N–H and O–H groups in total. The minimum atomic E-state index is 0.343. The van der Waals surface area contributed by atoms with Gasteiger partial charge in [0.05, 0.1) is 6.61 Å². The molecule has 0 aliphatic heterocycles. The Bertz CT molecular complexity index is 256. The summed E-state index contributed by atoms with van der Waals surface area (Å²) in [5.41, 5.74) is 2.35. The molecule has 0 amide bonds. The normalized spacial score (nSPS) is 10.2. The number of ether oxygens (including phenoxy) is 2. The van der Waals surface area contributed by atoms with Crippen molar-refractivity contribution >= 4 is 5.69 Å². The predicted octanol–water partition coefficient (Wildman–Crippen LogP) is 1.87. The van der Waals surface area contributed by atoms with Gasteiger partial charge in [0.25, 0.3) is 0 Å². The van der Waals surface area contributed by atoms with Crippen LogP contribution in [0.3, 0.4) is 0 Å². The van der Waals surface area contributed by atoms with Gasteiger partial charge in [0, 0.05) is 26.9 Å². The van der Waals surface area contributed by atoms with Crippen LogP contribution in [0.1, 0.15) is 5.56 Å². The zero-order valence-corrected chi connectivity index (χ0v) is 8.99. The van der Waals surface area contributed by atoms with Crippen LogP contribution in [0.25, 0.3) is 0 Å². The minimum absolute atomic E-state index is 0.343. The van der Waals surface area contributed by atoms with Gasteiger partial charge < -0.3 is 14.4 Å². The lowest BCUT2D eigenvalue weighted by Gasteiger charge is -2.12. The van der Waals surface area contributed by atoms with Gasteiger partial charge in [-0.1, -0.05) is 12.1 Å². The third-order valence-corrected chi connectivity index (χ3v) is 1.92. The maximum absolute atomic E-state index is 5.23. The van der Waals surface area contributed by atoms with Crippen molar-refractivity contribution in [3.05, 3.63) is 29.8 Å². The van der Waals surface area contributed by atoms with Crippen LogP contribution in [0.15, 0.2) is 24.3 Å². The molecular weight excluding hydrogens is 178 g/mol. The van der Waals surface area contributed by atoms with Crippen LogP contribution in [0.2, 0.25) is 0 Å². The van der Waals surface area contributed by atoms with Crippen molar-refractivity contribution in [2.75, 3.05) is 32.9 Å². The molecule has 0 unspecified atom stereocenters. The molecule has 1 rings (SSSR count).